The lowest BCUT2D eigenvalue weighted by molar-refractivity contribution is -0.221. The molecule has 2 N–H and O–H groups in total. The summed E-state index contributed by atoms with van der Waals surface area (Å²) < 4.78 is 23.5. The van der Waals surface area contributed by atoms with Crippen LogP contribution in [0.4, 0.5) is 5.82 Å². The normalized spacial score (nSPS) is 24.4. The van der Waals surface area contributed by atoms with Gasteiger partial charge in [-0.2, -0.15) is 5.10 Å². The van der Waals surface area contributed by atoms with Crippen LogP contribution in [0.2, 0.25) is 0 Å². The predicted molar refractivity (Wildman–Crippen MR) is 186 cm³/mol. The summed E-state index contributed by atoms with van der Waals surface area (Å²) in [4.78, 5) is 30.8. The van der Waals surface area contributed by atoms with Crippen molar-refractivity contribution in [2.75, 3.05) is 39.6 Å². The van der Waals surface area contributed by atoms with Gasteiger partial charge in [-0.1, -0.05) is 5.16 Å². The van der Waals surface area contributed by atoms with Gasteiger partial charge in [0, 0.05) is 44.0 Å². The van der Waals surface area contributed by atoms with Crippen LogP contribution in [-0.4, -0.2) is 92.5 Å². The van der Waals surface area contributed by atoms with Crippen LogP contribution in [-0.2, 0) is 19.0 Å². The molecule has 1 saturated heterocycles. The number of hydrogen-bond donors (Lipinski definition) is 1. The van der Waals surface area contributed by atoms with Crippen molar-refractivity contribution in [2.24, 2.45) is 11.3 Å². The largest absolute Gasteiger partial charge is 0.465 e. The molecule has 1 spiro atoms. The van der Waals surface area contributed by atoms with E-state index >= 15 is 0 Å². The van der Waals surface area contributed by atoms with Crippen LogP contribution in [0.5, 0.6) is 0 Å². The molecule has 8 rings (SSSR count). The summed E-state index contributed by atoms with van der Waals surface area (Å²) in [5.41, 5.74) is 10.6. The number of carbonyl (C=O) groups excluding carboxylic acids is 1. The number of rotatable bonds is 11. The molecule has 1 atom stereocenters. The van der Waals surface area contributed by atoms with E-state index in [0.717, 1.165) is 75.8 Å². The van der Waals surface area contributed by atoms with Crippen LogP contribution in [0, 0.1) is 11.3 Å². The van der Waals surface area contributed by atoms with Gasteiger partial charge in [-0.3, -0.25) is 4.79 Å². The Morgan fingerprint density at radius 2 is 1.74 bits per heavy atom. The zero-order valence-corrected chi connectivity index (χ0v) is 29.7. The Kier molecular flexibility index (Phi) is 9.86. The van der Waals surface area contributed by atoms with Crippen molar-refractivity contribution >= 4 is 23.3 Å². The second kappa shape index (κ2) is 14.3. The van der Waals surface area contributed by atoms with Crippen LogP contribution < -0.4 is 5.73 Å². The Hall–Kier alpha value is -4.01. The second-order valence-corrected chi connectivity index (χ2v) is 14.8. The van der Waals surface area contributed by atoms with Crippen LogP contribution in [0.15, 0.2) is 23.2 Å². The molecular formula is C36H49N9O5. The van der Waals surface area contributed by atoms with Crippen molar-refractivity contribution < 1.29 is 23.5 Å². The summed E-state index contributed by atoms with van der Waals surface area (Å²) in [6.07, 6.45) is 14.2. The molecule has 50 heavy (non-hydrogen) atoms. The SMILES string of the molecule is CC(C)n1nc(-c2noc(C3CC3)c2-c2ncc(C3CCN(C)CC3)cn2)c2c(N)ncnc21.CCOC(OC)C1CC2(CC(OC=O)C2)C1. The van der Waals surface area contributed by atoms with Gasteiger partial charge in [0.15, 0.2) is 23.5 Å². The molecule has 4 aromatic rings. The van der Waals surface area contributed by atoms with E-state index in [1.165, 1.54) is 11.9 Å². The van der Waals surface area contributed by atoms with Gasteiger partial charge in [-0.05, 0) is 109 Å². The minimum Gasteiger partial charge on any atom is -0.465 e. The molecule has 3 aliphatic carbocycles. The zero-order chi connectivity index (χ0) is 35.0. The Morgan fingerprint density at radius 1 is 1.02 bits per heavy atom. The fourth-order valence-corrected chi connectivity index (χ4v) is 8.07. The summed E-state index contributed by atoms with van der Waals surface area (Å²) in [5.74, 6) is 3.15. The monoisotopic (exact) mass is 687 g/mol. The van der Waals surface area contributed by atoms with Crippen molar-refractivity contribution in [3.05, 3.63) is 30.0 Å². The van der Waals surface area contributed by atoms with Gasteiger partial charge in [0.25, 0.3) is 6.47 Å². The highest BCUT2D eigenvalue weighted by molar-refractivity contribution is 6.00. The van der Waals surface area contributed by atoms with Crippen LogP contribution in [0.25, 0.3) is 33.8 Å². The van der Waals surface area contributed by atoms with E-state index in [1.807, 2.05) is 24.0 Å². The highest BCUT2D eigenvalue weighted by atomic mass is 16.7. The summed E-state index contributed by atoms with van der Waals surface area (Å²) in [5, 5.41) is 9.99. The molecule has 14 nitrogen and oxygen atoms in total. The number of anilines is 1. The van der Waals surface area contributed by atoms with Crippen molar-refractivity contribution in [3.8, 4) is 22.8 Å². The molecule has 4 aromatic heterocycles. The van der Waals surface area contributed by atoms with E-state index in [2.05, 4.69) is 40.9 Å². The number of nitrogen functional groups attached to an aromatic ring is 1. The molecule has 0 amide bonds. The number of likely N-dealkylation sites (tertiary alicyclic amines) is 1. The van der Waals surface area contributed by atoms with E-state index < -0.39 is 0 Å². The summed E-state index contributed by atoms with van der Waals surface area (Å²) >= 11 is 0. The van der Waals surface area contributed by atoms with E-state index in [1.54, 1.807) is 7.11 Å². The standard InChI is InChI=1S/C24H29N9O.C12H20O4/c1-13(2)33-24-18(22(25)28-12-29-24)19(30-33)20-17(21(34-31-20)15-4-5-15)23-26-10-16(11-27-23)14-6-8-32(3)9-7-14;1-3-15-11(14-2)9-4-12(5-9)6-10(7-12)16-8-13/h10-15H,4-9H2,1-3H3,(H2,25,28,29);8-11H,3-7H2,1-2H3. The Bertz CT molecular complexity index is 1760. The number of fused-ring (bicyclic) bond motifs is 1. The number of hydrogen-bond acceptors (Lipinski definition) is 13. The average molecular weight is 688 g/mol. The Balaban J connectivity index is 0.000000206. The molecule has 3 saturated carbocycles. The number of nitrogens with zero attached hydrogens (tertiary/aromatic N) is 8. The quantitative estimate of drug-likeness (QED) is 0.155. The van der Waals surface area contributed by atoms with E-state index in [9.17, 15) is 4.79 Å². The van der Waals surface area contributed by atoms with Gasteiger partial charge in [0.1, 0.15) is 29.6 Å². The molecule has 0 bridgehead atoms. The number of ether oxygens (including phenoxy) is 3. The maximum Gasteiger partial charge on any atom is 0.293 e. The average Bonchev–Trinajstić information content (AvgIpc) is 3.71. The third-order valence-corrected chi connectivity index (χ3v) is 10.9. The summed E-state index contributed by atoms with van der Waals surface area (Å²) in [6.45, 7) is 9.55. The minimum atomic E-state index is -0.0540. The van der Waals surface area contributed by atoms with Crippen molar-refractivity contribution in [1.82, 2.24) is 39.8 Å². The lowest BCUT2D eigenvalue weighted by Gasteiger charge is -2.57. The van der Waals surface area contributed by atoms with Crippen LogP contribution >= 0.6 is 0 Å². The van der Waals surface area contributed by atoms with Gasteiger partial charge in [0.2, 0.25) is 0 Å². The fraction of sp³-hybridized carbons (Fsp3) is 0.639. The van der Waals surface area contributed by atoms with Gasteiger partial charge in [-0.25, -0.2) is 24.6 Å². The fourth-order valence-electron chi connectivity index (χ4n) is 8.07. The first-order valence-corrected chi connectivity index (χ1v) is 18.0. The molecule has 0 radical (unpaired) electrons. The number of piperidine rings is 1. The first kappa shape index (κ1) is 34.4. The molecule has 5 heterocycles. The molecule has 1 aliphatic heterocycles. The Labute approximate surface area is 292 Å². The van der Waals surface area contributed by atoms with E-state index in [0.29, 0.717) is 70.3 Å². The lowest BCUT2D eigenvalue weighted by atomic mass is 9.50. The Morgan fingerprint density at radius 3 is 2.36 bits per heavy atom. The van der Waals surface area contributed by atoms with Gasteiger partial charge >= 0.3 is 0 Å². The molecule has 14 heteroatoms. The number of methoxy groups -OCH3 is 1. The minimum absolute atomic E-state index is 0.0540. The summed E-state index contributed by atoms with van der Waals surface area (Å²) in [6, 6.07) is 0.0916. The maximum atomic E-state index is 10.2. The third-order valence-electron chi connectivity index (χ3n) is 10.9. The smallest absolute Gasteiger partial charge is 0.293 e. The van der Waals surface area contributed by atoms with Crippen molar-refractivity contribution in [1.29, 1.82) is 0 Å². The maximum absolute atomic E-state index is 10.2. The van der Waals surface area contributed by atoms with Crippen molar-refractivity contribution in [3.63, 3.8) is 0 Å². The zero-order valence-electron chi connectivity index (χ0n) is 29.7. The molecule has 4 fully saturated rings. The van der Waals surface area contributed by atoms with Crippen LogP contribution in [0.1, 0.15) is 101 Å². The molecule has 268 valence electrons. The number of aromatic nitrogens is 7. The summed E-state index contributed by atoms with van der Waals surface area (Å²) in [7, 11) is 3.87. The predicted octanol–water partition coefficient (Wildman–Crippen LogP) is 5.52. The second-order valence-electron chi connectivity index (χ2n) is 14.8. The number of nitrogens with two attached hydrogens (primary N) is 1. The van der Waals surface area contributed by atoms with Gasteiger partial charge in [0.05, 0.1) is 10.9 Å². The third kappa shape index (κ3) is 6.72. The molecule has 4 aliphatic rings. The first-order valence-electron chi connectivity index (χ1n) is 18.0. The van der Waals surface area contributed by atoms with E-state index in [-0.39, 0.29) is 18.4 Å². The van der Waals surface area contributed by atoms with E-state index in [4.69, 9.17) is 39.5 Å². The molecule has 0 aromatic carbocycles. The van der Waals surface area contributed by atoms with Crippen LogP contribution in [0.3, 0.4) is 0 Å². The molecule has 1 unspecified atom stereocenters. The highest BCUT2D eigenvalue weighted by Crippen LogP contribution is 2.60. The lowest BCUT2D eigenvalue weighted by Crippen LogP contribution is -2.54. The van der Waals surface area contributed by atoms with Gasteiger partial charge in [-0.15, -0.1) is 0 Å². The topological polar surface area (TPSA) is 169 Å². The number of carbonyl (C=O) groups is 1. The van der Waals surface area contributed by atoms with Gasteiger partial charge < -0.3 is 29.4 Å². The highest BCUT2D eigenvalue weighted by Gasteiger charge is 2.55. The molecular weight excluding hydrogens is 638 g/mol. The van der Waals surface area contributed by atoms with Crippen molar-refractivity contribution in [2.45, 2.75) is 102 Å². The first-order chi connectivity index (χ1) is 24.2.